The number of anilines is 1. The van der Waals surface area contributed by atoms with Gasteiger partial charge in [0.15, 0.2) is 11.2 Å². The fourth-order valence-electron chi connectivity index (χ4n) is 3.65. The van der Waals surface area contributed by atoms with E-state index in [1.807, 2.05) is 34.7 Å². The third kappa shape index (κ3) is 2.77. The molecule has 4 rings (SSSR count). The summed E-state index contributed by atoms with van der Waals surface area (Å²) in [5.41, 5.74) is 1.81. The van der Waals surface area contributed by atoms with Crippen LogP contribution in [0.2, 0.25) is 0 Å². The van der Waals surface area contributed by atoms with Crippen molar-refractivity contribution in [2.24, 2.45) is 0 Å². The van der Waals surface area contributed by atoms with E-state index in [1.54, 1.807) is 6.07 Å². The lowest BCUT2D eigenvalue weighted by molar-refractivity contribution is -0.384. The van der Waals surface area contributed by atoms with Crippen molar-refractivity contribution in [1.82, 2.24) is 4.57 Å². The van der Waals surface area contributed by atoms with Crippen molar-refractivity contribution in [3.63, 3.8) is 0 Å². The van der Waals surface area contributed by atoms with Crippen LogP contribution in [0.15, 0.2) is 53.3 Å². The van der Waals surface area contributed by atoms with E-state index in [2.05, 4.69) is 0 Å². The molecule has 1 aliphatic rings. The van der Waals surface area contributed by atoms with Gasteiger partial charge in [-0.15, -0.1) is 0 Å². The molecule has 7 heteroatoms. The van der Waals surface area contributed by atoms with Gasteiger partial charge < -0.3 is 9.47 Å². The zero-order chi connectivity index (χ0) is 19.1. The molecule has 1 aromatic heterocycles. The lowest BCUT2D eigenvalue weighted by Crippen LogP contribution is -2.23. The van der Waals surface area contributed by atoms with E-state index in [0.29, 0.717) is 22.9 Å². The van der Waals surface area contributed by atoms with Crippen LogP contribution in [0.1, 0.15) is 15.9 Å². The number of nitro benzene ring substituents is 1. The summed E-state index contributed by atoms with van der Waals surface area (Å²) in [7, 11) is 1.91. The molecular formula is C20H17N3O4. The SMILES string of the molecule is CN1CCc2c1n(CC(=O)c1ccc([N+](=O)[O-])cc1)c1ccccc1c2=O. The highest BCUT2D eigenvalue weighted by Crippen LogP contribution is 2.29. The average Bonchev–Trinajstić information content (AvgIpc) is 3.07. The number of carbonyl (C=O) groups is 1. The van der Waals surface area contributed by atoms with Crippen LogP contribution in [0.4, 0.5) is 11.5 Å². The van der Waals surface area contributed by atoms with Gasteiger partial charge in [-0.1, -0.05) is 12.1 Å². The monoisotopic (exact) mass is 363 g/mol. The Hall–Kier alpha value is -3.48. The van der Waals surface area contributed by atoms with Gasteiger partial charge >= 0.3 is 0 Å². The van der Waals surface area contributed by atoms with Crippen molar-refractivity contribution in [2.45, 2.75) is 13.0 Å². The fraction of sp³-hybridized carbons (Fsp3) is 0.200. The zero-order valence-corrected chi connectivity index (χ0v) is 14.7. The average molecular weight is 363 g/mol. The van der Waals surface area contributed by atoms with Gasteiger partial charge in [-0.05, 0) is 30.7 Å². The summed E-state index contributed by atoms with van der Waals surface area (Å²) in [6.45, 7) is 0.790. The summed E-state index contributed by atoms with van der Waals surface area (Å²) in [5.74, 6) is 0.607. The molecule has 0 saturated carbocycles. The number of nitro groups is 1. The highest BCUT2D eigenvalue weighted by atomic mass is 16.6. The Morgan fingerprint density at radius 1 is 1.15 bits per heavy atom. The van der Waals surface area contributed by atoms with Crippen LogP contribution in [0, 0.1) is 10.1 Å². The van der Waals surface area contributed by atoms with E-state index in [0.717, 1.165) is 17.9 Å². The van der Waals surface area contributed by atoms with E-state index < -0.39 is 4.92 Å². The van der Waals surface area contributed by atoms with Crippen LogP contribution < -0.4 is 10.3 Å². The minimum Gasteiger partial charge on any atom is -0.360 e. The minimum atomic E-state index is -0.495. The van der Waals surface area contributed by atoms with E-state index in [4.69, 9.17) is 0 Å². The number of fused-ring (bicyclic) bond motifs is 2. The Kier molecular flexibility index (Phi) is 3.99. The molecule has 0 bridgehead atoms. The molecule has 0 saturated heterocycles. The van der Waals surface area contributed by atoms with Crippen LogP contribution in [-0.2, 0) is 13.0 Å². The first kappa shape index (κ1) is 17.0. The highest BCUT2D eigenvalue weighted by molar-refractivity contribution is 5.97. The number of rotatable bonds is 4. The van der Waals surface area contributed by atoms with Crippen molar-refractivity contribution in [3.8, 4) is 0 Å². The number of non-ortho nitro benzene ring substituents is 1. The van der Waals surface area contributed by atoms with Crippen LogP contribution in [0.25, 0.3) is 10.9 Å². The number of aromatic nitrogens is 1. The maximum absolute atomic E-state index is 12.8. The third-order valence-electron chi connectivity index (χ3n) is 5.00. The molecule has 3 aromatic rings. The molecule has 136 valence electrons. The molecule has 0 unspecified atom stereocenters. The molecule has 0 atom stereocenters. The van der Waals surface area contributed by atoms with Gasteiger partial charge in [0.2, 0.25) is 0 Å². The second kappa shape index (κ2) is 6.35. The number of hydrogen-bond donors (Lipinski definition) is 0. The summed E-state index contributed by atoms with van der Waals surface area (Å²) in [6.07, 6.45) is 0.654. The Labute approximate surface area is 154 Å². The number of hydrogen-bond acceptors (Lipinski definition) is 5. The summed E-state index contributed by atoms with van der Waals surface area (Å²) in [6, 6.07) is 12.9. The Morgan fingerprint density at radius 3 is 2.56 bits per heavy atom. The fourth-order valence-corrected chi connectivity index (χ4v) is 3.65. The number of nitrogens with zero attached hydrogens (tertiary/aromatic N) is 3. The van der Waals surface area contributed by atoms with Crippen molar-refractivity contribution in [1.29, 1.82) is 0 Å². The molecule has 2 heterocycles. The molecule has 0 spiro atoms. The largest absolute Gasteiger partial charge is 0.360 e. The predicted octanol–water partition coefficient (Wildman–Crippen LogP) is 2.78. The van der Waals surface area contributed by atoms with E-state index in [9.17, 15) is 19.7 Å². The second-order valence-corrected chi connectivity index (χ2v) is 6.63. The number of Topliss-reactive ketones (excluding diaryl/α,β-unsaturated/α-hetero) is 1. The van der Waals surface area contributed by atoms with E-state index >= 15 is 0 Å². The van der Waals surface area contributed by atoms with Gasteiger partial charge in [0.25, 0.3) is 5.69 Å². The lowest BCUT2D eigenvalue weighted by Gasteiger charge is -2.21. The molecule has 0 aliphatic carbocycles. The Morgan fingerprint density at radius 2 is 1.85 bits per heavy atom. The normalized spacial score (nSPS) is 13.0. The van der Waals surface area contributed by atoms with Crippen LogP contribution in [0.3, 0.4) is 0 Å². The maximum atomic E-state index is 12.8. The van der Waals surface area contributed by atoms with Gasteiger partial charge in [-0.25, -0.2) is 0 Å². The van der Waals surface area contributed by atoms with Crippen molar-refractivity contribution in [2.75, 3.05) is 18.5 Å². The number of pyridine rings is 1. The third-order valence-corrected chi connectivity index (χ3v) is 5.00. The first-order valence-electron chi connectivity index (χ1n) is 8.60. The van der Waals surface area contributed by atoms with Gasteiger partial charge in [0.1, 0.15) is 5.82 Å². The molecular weight excluding hydrogens is 346 g/mol. The highest BCUT2D eigenvalue weighted by Gasteiger charge is 2.26. The lowest BCUT2D eigenvalue weighted by atomic mass is 10.1. The Balaban J connectivity index is 1.81. The molecule has 0 fully saturated rings. The minimum absolute atomic E-state index is 0.0176. The van der Waals surface area contributed by atoms with Crippen molar-refractivity contribution < 1.29 is 9.72 Å². The summed E-state index contributed by atoms with van der Waals surface area (Å²) < 4.78 is 1.88. The van der Waals surface area contributed by atoms with E-state index in [-0.39, 0.29) is 23.4 Å². The second-order valence-electron chi connectivity index (χ2n) is 6.63. The number of likely N-dealkylation sites (N-methyl/N-ethyl adjacent to an activating group) is 1. The van der Waals surface area contributed by atoms with Gasteiger partial charge in [0, 0.05) is 42.2 Å². The molecule has 0 amide bonds. The Bertz CT molecular complexity index is 1130. The standard InChI is InChI=1S/C20H17N3O4/c1-21-11-10-16-19(25)15-4-2-3-5-17(15)22(20(16)21)12-18(24)13-6-8-14(9-7-13)23(26)27/h2-9H,10-12H2,1H3. The number of benzene rings is 2. The number of ketones is 1. The smallest absolute Gasteiger partial charge is 0.269 e. The topological polar surface area (TPSA) is 85.4 Å². The van der Waals surface area contributed by atoms with Crippen LogP contribution in [-0.4, -0.2) is 28.9 Å². The van der Waals surface area contributed by atoms with Crippen molar-refractivity contribution in [3.05, 3.63) is 80.0 Å². The van der Waals surface area contributed by atoms with Gasteiger partial charge in [0.05, 0.1) is 17.0 Å². The summed E-state index contributed by atoms with van der Waals surface area (Å²) in [4.78, 5) is 37.9. The predicted molar refractivity (Wildman–Crippen MR) is 103 cm³/mol. The van der Waals surface area contributed by atoms with Gasteiger partial charge in [-0.2, -0.15) is 0 Å². The maximum Gasteiger partial charge on any atom is 0.269 e. The zero-order valence-electron chi connectivity index (χ0n) is 14.7. The van der Waals surface area contributed by atoms with E-state index in [1.165, 1.54) is 24.3 Å². The van der Waals surface area contributed by atoms with Crippen molar-refractivity contribution >= 4 is 28.2 Å². The van der Waals surface area contributed by atoms with Crippen LogP contribution >= 0.6 is 0 Å². The molecule has 27 heavy (non-hydrogen) atoms. The summed E-state index contributed by atoms with van der Waals surface area (Å²) in [5, 5.41) is 11.4. The summed E-state index contributed by atoms with van der Waals surface area (Å²) >= 11 is 0. The number of para-hydroxylation sites is 1. The molecule has 2 aromatic carbocycles. The molecule has 7 nitrogen and oxygen atoms in total. The first-order valence-corrected chi connectivity index (χ1v) is 8.60. The molecule has 0 radical (unpaired) electrons. The van der Waals surface area contributed by atoms with Crippen LogP contribution in [0.5, 0.6) is 0 Å². The van der Waals surface area contributed by atoms with Gasteiger partial charge in [-0.3, -0.25) is 19.7 Å². The number of carbonyl (C=O) groups excluding carboxylic acids is 1. The first-order chi connectivity index (χ1) is 13.0. The quantitative estimate of drug-likeness (QED) is 0.404. The molecule has 0 N–H and O–H groups in total. The molecule has 1 aliphatic heterocycles.